The standard InChI is InChI=1S/C19H25N3O/c1-16(10-18-6-4-3-5-7-18)12-21-8-9-23-19(14-21)15-22-13-17(2)11-20-22/h3-7,10-11,13,19H,8-9,12,14-15H2,1-2H3/b16-10+. The Morgan fingerprint density at radius 3 is 2.91 bits per heavy atom. The lowest BCUT2D eigenvalue weighted by Crippen LogP contribution is -2.44. The zero-order valence-electron chi connectivity index (χ0n) is 14.0. The second-order valence-corrected chi connectivity index (χ2v) is 6.37. The Bertz CT molecular complexity index is 648. The Hall–Kier alpha value is -1.91. The van der Waals surface area contributed by atoms with Gasteiger partial charge >= 0.3 is 0 Å². The molecule has 1 aliphatic heterocycles. The largest absolute Gasteiger partial charge is 0.374 e. The molecule has 1 aromatic carbocycles. The smallest absolute Gasteiger partial charge is 0.0898 e. The molecule has 1 aromatic heterocycles. The Balaban J connectivity index is 1.55. The highest BCUT2D eigenvalue weighted by atomic mass is 16.5. The normalized spacial score (nSPS) is 19.9. The fourth-order valence-electron chi connectivity index (χ4n) is 3.04. The lowest BCUT2D eigenvalue weighted by Gasteiger charge is -2.33. The van der Waals surface area contributed by atoms with Gasteiger partial charge in [-0.15, -0.1) is 0 Å². The molecule has 4 heteroatoms. The van der Waals surface area contributed by atoms with E-state index in [1.165, 1.54) is 16.7 Å². The molecular weight excluding hydrogens is 286 g/mol. The number of nitrogens with zero attached hydrogens (tertiary/aromatic N) is 3. The van der Waals surface area contributed by atoms with Gasteiger partial charge in [0.25, 0.3) is 0 Å². The van der Waals surface area contributed by atoms with Gasteiger partial charge in [0.15, 0.2) is 0 Å². The van der Waals surface area contributed by atoms with Crippen LogP contribution in [0.1, 0.15) is 18.1 Å². The third-order valence-electron chi connectivity index (χ3n) is 4.06. The van der Waals surface area contributed by atoms with E-state index in [0.29, 0.717) is 0 Å². The van der Waals surface area contributed by atoms with Gasteiger partial charge in [-0.05, 0) is 25.0 Å². The molecule has 2 aromatic rings. The van der Waals surface area contributed by atoms with Crippen molar-refractivity contribution >= 4 is 6.08 Å². The minimum atomic E-state index is 0.215. The summed E-state index contributed by atoms with van der Waals surface area (Å²) in [6, 6.07) is 10.5. The number of hydrogen-bond donors (Lipinski definition) is 0. The van der Waals surface area contributed by atoms with Crippen LogP contribution < -0.4 is 0 Å². The van der Waals surface area contributed by atoms with Crippen LogP contribution in [0.4, 0.5) is 0 Å². The number of ether oxygens (including phenoxy) is 1. The fourth-order valence-corrected chi connectivity index (χ4v) is 3.04. The maximum atomic E-state index is 5.90. The lowest BCUT2D eigenvalue weighted by atomic mass is 10.1. The van der Waals surface area contributed by atoms with Crippen LogP contribution in [0.15, 0.2) is 48.3 Å². The topological polar surface area (TPSA) is 30.3 Å². The molecule has 0 radical (unpaired) electrons. The molecule has 1 unspecified atom stereocenters. The SMILES string of the molecule is C/C(=C\c1ccccc1)CN1CCOC(Cn2cc(C)cn2)C1. The molecule has 1 atom stereocenters. The van der Waals surface area contributed by atoms with E-state index in [4.69, 9.17) is 4.74 Å². The zero-order valence-corrected chi connectivity index (χ0v) is 14.0. The average molecular weight is 311 g/mol. The first-order chi connectivity index (χ1) is 11.2. The third kappa shape index (κ3) is 4.78. The van der Waals surface area contributed by atoms with E-state index in [1.807, 2.05) is 10.9 Å². The molecule has 0 N–H and O–H groups in total. The van der Waals surface area contributed by atoms with Crippen LogP contribution in [-0.2, 0) is 11.3 Å². The molecule has 3 rings (SSSR count). The molecule has 0 saturated carbocycles. The second-order valence-electron chi connectivity index (χ2n) is 6.37. The monoisotopic (exact) mass is 311 g/mol. The van der Waals surface area contributed by atoms with Gasteiger partial charge in [-0.1, -0.05) is 42.0 Å². The number of aryl methyl sites for hydroxylation is 1. The Morgan fingerprint density at radius 2 is 2.17 bits per heavy atom. The number of aromatic nitrogens is 2. The molecular formula is C19H25N3O. The number of hydrogen-bond acceptors (Lipinski definition) is 3. The van der Waals surface area contributed by atoms with Crippen LogP contribution in [0.3, 0.4) is 0 Å². The molecule has 1 fully saturated rings. The number of morpholine rings is 1. The molecule has 4 nitrogen and oxygen atoms in total. The first-order valence-corrected chi connectivity index (χ1v) is 8.24. The van der Waals surface area contributed by atoms with Crippen molar-refractivity contribution in [3.8, 4) is 0 Å². The van der Waals surface area contributed by atoms with Crippen molar-refractivity contribution in [2.75, 3.05) is 26.2 Å². The lowest BCUT2D eigenvalue weighted by molar-refractivity contribution is -0.0344. The summed E-state index contributed by atoms with van der Waals surface area (Å²) < 4.78 is 7.88. The third-order valence-corrected chi connectivity index (χ3v) is 4.06. The summed E-state index contributed by atoms with van der Waals surface area (Å²) in [6.07, 6.45) is 6.45. The van der Waals surface area contributed by atoms with E-state index in [9.17, 15) is 0 Å². The van der Waals surface area contributed by atoms with Gasteiger partial charge in [0.1, 0.15) is 0 Å². The van der Waals surface area contributed by atoms with E-state index < -0.39 is 0 Å². The van der Waals surface area contributed by atoms with E-state index >= 15 is 0 Å². The number of rotatable bonds is 5. The summed E-state index contributed by atoms with van der Waals surface area (Å²) in [5.74, 6) is 0. The Kier molecular flexibility index (Phi) is 5.26. The Morgan fingerprint density at radius 1 is 1.35 bits per heavy atom. The molecule has 2 heterocycles. The molecule has 1 aliphatic rings. The summed E-state index contributed by atoms with van der Waals surface area (Å²) in [5.41, 5.74) is 3.84. The first-order valence-electron chi connectivity index (χ1n) is 8.24. The average Bonchev–Trinajstić information content (AvgIpc) is 2.93. The van der Waals surface area contributed by atoms with Crippen LogP contribution in [0.25, 0.3) is 6.08 Å². The Labute approximate surface area is 138 Å². The van der Waals surface area contributed by atoms with Crippen LogP contribution >= 0.6 is 0 Å². The van der Waals surface area contributed by atoms with Crippen LogP contribution in [0.5, 0.6) is 0 Å². The summed E-state index contributed by atoms with van der Waals surface area (Å²) in [7, 11) is 0. The highest BCUT2D eigenvalue weighted by Gasteiger charge is 2.21. The minimum absolute atomic E-state index is 0.215. The van der Waals surface area contributed by atoms with Gasteiger partial charge in [-0.25, -0.2) is 0 Å². The van der Waals surface area contributed by atoms with E-state index in [1.54, 1.807) is 0 Å². The van der Waals surface area contributed by atoms with E-state index in [-0.39, 0.29) is 6.10 Å². The van der Waals surface area contributed by atoms with Crippen molar-refractivity contribution in [2.24, 2.45) is 0 Å². The highest BCUT2D eigenvalue weighted by molar-refractivity contribution is 5.52. The van der Waals surface area contributed by atoms with Crippen molar-refractivity contribution in [3.63, 3.8) is 0 Å². The second kappa shape index (κ2) is 7.57. The summed E-state index contributed by atoms with van der Waals surface area (Å²) in [4.78, 5) is 2.47. The molecule has 0 amide bonds. The zero-order chi connectivity index (χ0) is 16.1. The quantitative estimate of drug-likeness (QED) is 0.850. The molecule has 122 valence electrons. The summed E-state index contributed by atoms with van der Waals surface area (Å²) >= 11 is 0. The summed E-state index contributed by atoms with van der Waals surface area (Å²) in [6.45, 7) is 8.83. The molecule has 1 saturated heterocycles. The molecule has 23 heavy (non-hydrogen) atoms. The van der Waals surface area contributed by atoms with Gasteiger partial charge in [0, 0.05) is 25.8 Å². The molecule has 0 spiro atoms. The van der Waals surface area contributed by atoms with Gasteiger partial charge < -0.3 is 4.74 Å². The molecule has 0 aliphatic carbocycles. The van der Waals surface area contributed by atoms with Crippen LogP contribution in [0, 0.1) is 6.92 Å². The fraction of sp³-hybridized carbons (Fsp3) is 0.421. The first kappa shape index (κ1) is 16.0. The van der Waals surface area contributed by atoms with E-state index in [2.05, 4.69) is 66.5 Å². The molecule has 0 bridgehead atoms. The maximum Gasteiger partial charge on any atom is 0.0898 e. The van der Waals surface area contributed by atoms with Crippen LogP contribution in [-0.4, -0.2) is 47.0 Å². The van der Waals surface area contributed by atoms with E-state index in [0.717, 1.165) is 32.8 Å². The van der Waals surface area contributed by atoms with Crippen molar-refractivity contribution in [1.29, 1.82) is 0 Å². The number of benzene rings is 1. The van der Waals surface area contributed by atoms with Gasteiger partial charge in [0.05, 0.1) is 25.5 Å². The maximum absolute atomic E-state index is 5.90. The van der Waals surface area contributed by atoms with Crippen molar-refractivity contribution in [3.05, 3.63) is 59.4 Å². The van der Waals surface area contributed by atoms with Gasteiger partial charge in [0.2, 0.25) is 0 Å². The predicted octanol–water partition coefficient (Wildman–Crippen LogP) is 3.00. The van der Waals surface area contributed by atoms with Crippen LogP contribution in [0.2, 0.25) is 0 Å². The van der Waals surface area contributed by atoms with Crippen molar-refractivity contribution in [1.82, 2.24) is 14.7 Å². The predicted molar refractivity (Wildman–Crippen MR) is 93.2 cm³/mol. The minimum Gasteiger partial charge on any atom is -0.374 e. The summed E-state index contributed by atoms with van der Waals surface area (Å²) in [5, 5.41) is 4.36. The van der Waals surface area contributed by atoms with Gasteiger partial charge in [-0.3, -0.25) is 9.58 Å². The van der Waals surface area contributed by atoms with Crippen molar-refractivity contribution < 1.29 is 4.74 Å². The highest BCUT2D eigenvalue weighted by Crippen LogP contribution is 2.12. The van der Waals surface area contributed by atoms with Gasteiger partial charge in [-0.2, -0.15) is 5.10 Å². The van der Waals surface area contributed by atoms with Crippen molar-refractivity contribution in [2.45, 2.75) is 26.5 Å².